The van der Waals surface area contributed by atoms with Crippen molar-refractivity contribution in [3.8, 4) is 0 Å². The highest BCUT2D eigenvalue weighted by Crippen LogP contribution is 2.34. The topological polar surface area (TPSA) is 102 Å². The molecule has 0 aromatic carbocycles. The molecule has 3 heterocycles. The second-order valence-electron chi connectivity index (χ2n) is 3.94. The van der Waals surface area contributed by atoms with Crippen LogP contribution in [0.4, 0.5) is 5.95 Å². The zero-order chi connectivity index (χ0) is 13.6. The Morgan fingerprint density at radius 2 is 2.26 bits per heavy atom. The van der Waals surface area contributed by atoms with Gasteiger partial charge in [0.1, 0.15) is 9.86 Å². The smallest absolute Gasteiger partial charge is 0.343 e. The molecule has 0 unspecified atom stereocenters. The second kappa shape index (κ2) is 4.35. The number of H-pyrrole nitrogens is 1. The number of hydrogen-bond donors (Lipinski definition) is 2. The molecule has 0 amide bonds. The Kier molecular flexibility index (Phi) is 2.79. The SMILES string of the molecule is Cc1cc2c(Sc3n[nH]c(=O)n3C)nc(N)nc2s1. The van der Waals surface area contributed by atoms with E-state index in [4.69, 9.17) is 5.73 Å². The Labute approximate surface area is 115 Å². The lowest BCUT2D eigenvalue weighted by Crippen LogP contribution is -2.12. The summed E-state index contributed by atoms with van der Waals surface area (Å²) in [4.78, 5) is 21.7. The van der Waals surface area contributed by atoms with Crippen molar-refractivity contribution in [1.29, 1.82) is 0 Å². The van der Waals surface area contributed by atoms with Gasteiger partial charge in [0.2, 0.25) is 5.95 Å². The number of nitrogens with two attached hydrogens (primary N) is 1. The number of rotatable bonds is 2. The first kappa shape index (κ1) is 12.2. The fraction of sp³-hybridized carbons (Fsp3) is 0.200. The highest BCUT2D eigenvalue weighted by molar-refractivity contribution is 7.99. The highest BCUT2D eigenvalue weighted by Gasteiger charge is 2.14. The fourth-order valence-electron chi connectivity index (χ4n) is 1.62. The van der Waals surface area contributed by atoms with E-state index in [1.807, 2.05) is 13.0 Å². The van der Waals surface area contributed by atoms with Crippen LogP contribution in [0, 0.1) is 6.92 Å². The zero-order valence-corrected chi connectivity index (χ0v) is 11.8. The van der Waals surface area contributed by atoms with E-state index in [1.54, 1.807) is 18.4 Å². The van der Waals surface area contributed by atoms with Gasteiger partial charge in [-0.25, -0.2) is 19.9 Å². The molecule has 3 rings (SSSR count). The average molecular weight is 294 g/mol. The van der Waals surface area contributed by atoms with Crippen molar-refractivity contribution >= 4 is 39.3 Å². The van der Waals surface area contributed by atoms with E-state index in [0.717, 1.165) is 15.1 Å². The van der Waals surface area contributed by atoms with Crippen LogP contribution in [0.25, 0.3) is 10.2 Å². The molecule has 0 aliphatic carbocycles. The Morgan fingerprint density at radius 1 is 1.47 bits per heavy atom. The monoisotopic (exact) mass is 294 g/mol. The van der Waals surface area contributed by atoms with E-state index in [-0.39, 0.29) is 11.6 Å². The number of fused-ring (bicyclic) bond motifs is 1. The number of anilines is 1. The van der Waals surface area contributed by atoms with Crippen molar-refractivity contribution in [2.75, 3.05) is 5.73 Å². The van der Waals surface area contributed by atoms with E-state index in [2.05, 4.69) is 20.2 Å². The van der Waals surface area contributed by atoms with Crippen LogP contribution in [0.3, 0.4) is 0 Å². The molecule has 9 heteroatoms. The van der Waals surface area contributed by atoms with Crippen molar-refractivity contribution in [3.63, 3.8) is 0 Å². The van der Waals surface area contributed by atoms with Crippen LogP contribution < -0.4 is 11.4 Å². The summed E-state index contributed by atoms with van der Waals surface area (Å²) >= 11 is 2.85. The van der Waals surface area contributed by atoms with Crippen LogP contribution in [-0.2, 0) is 7.05 Å². The van der Waals surface area contributed by atoms with Gasteiger partial charge in [-0.05, 0) is 24.8 Å². The van der Waals surface area contributed by atoms with E-state index in [9.17, 15) is 4.79 Å². The molecular weight excluding hydrogens is 284 g/mol. The molecule has 0 spiro atoms. The molecule has 3 aromatic heterocycles. The van der Waals surface area contributed by atoms with Gasteiger partial charge in [-0.15, -0.1) is 16.4 Å². The maximum Gasteiger partial charge on any atom is 0.343 e. The first-order valence-corrected chi connectivity index (χ1v) is 7.01. The number of nitrogens with one attached hydrogen (secondary N) is 1. The summed E-state index contributed by atoms with van der Waals surface area (Å²) < 4.78 is 1.42. The number of nitrogens with zero attached hydrogens (tertiary/aromatic N) is 4. The molecule has 0 radical (unpaired) electrons. The van der Waals surface area contributed by atoms with Gasteiger partial charge >= 0.3 is 5.69 Å². The van der Waals surface area contributed by atoms with E-state index >= 15 is 0 Å². The summed E-state index contributed by atoms with van der Waals surface area (Å²) in [7, 11) is 1.65. The number of thiophene rings is 1. The predicted octanol–water partition coefficient (Wildman–Crippen LogP) is 1.15. The molecule has 0 saturated carbocycles. The summed E-state index contributed by atoms with van der Waals surface area (Å²) in [5.74, 6) is 0.220. The quantitative estimate of drug-likeness (QED) is 0.687. The number of hydrogen-bond acceptors (Lipinski definition) is 7. The molecule has 7 nitrogen and oxygen atoms in total. The van der Waals surface area contributed by atoms with Gasteiger partial charge in [-0.3, -0.25) is 4.57 Å². The molecule has 3 N–H and O–H groups in total. The van der Waals surface area contributed by atoms with Gasteiger partial charge in [0.15, 0.2) is 5.16 Å². The summed E-state index contributed by atoms with van der Waals surface area (Å²) in [5, 5.41) is 8.50. The molecule has 0 atom stereocenters. The minimum absolute atomic E-state index is 0.220. The molecule has 0 fully saturated rings. The minimum atomic E-state index is -0.262. The van der Waals surface area contributed by atoms with Gasteiger partial charge in [0.05, 0.1) is 0 Å². The van der Waals surface area contributed by atoms with Crippen LogP contribution in [0.15, 0.2) is 21.0 Å². The van der Waals surface area contributed by atoms with Crippen LogP contribution in [0.2, 0.25) is 0 Å². The Bertz CT molecular complexity index is 817. The maximum absolute atomic E-state index is 11.3. The van der Waals surface area contributed by atoms with E-state index in [0.29, 0.717) is 10.2 Å². The average Bonchev–Trinajstić information content (AvgIpc) is 2.86. The molecule has 3 aromatic rings. The van der Waals surface area contributed by atoms with Crippen LogP contribution in [0.1, 0.15) is 4.88 Å². The van der Waals surface area contributed by atoms with Crippen molar-refractivity contribution in [2.24, 2.45) is 7.05 Å². The molecule has 0 aliphatic rings. The fourth-order valence-corrected chi connectivity index (χ4v) is 3.46. The molecule has 19 heavy (non-hydrogen) atoms. The van der Waals surface area contributed by atoms with Crippen LogP contribution in [-0.4, -0.2) is 24.7 Å². The highest BCUT2D eigenvalue weighted by atomic mass is 32.2. The predicted molar refractivity (Wildman–Crippen MR) is 74.5 cm³/mol. The van der Waals surface area contributed by atoms with E-state index < -0.39 is 0 Å². The van der Waals surface area contributed by atoms with Gasteiger partial charge < -0.3 is 5.73 Å². The number of aromatic amines is 1. The number of aryl methyl sites for hydroxylation is 1. The lowest BCUT2D eigenvalue weighted by Gasteiger charge is -2.02. The molecule has 0 saturated heterocycles. The standard InChI is InChI=1S/C10H10N6OS2/c1-4-3-5-6(18-4)12-8(11)13-7(5)19-10-15-14-9(17)16(10)2/h3H,1-2H3,(H,14,17)(H2,11,12,13). The Hall–Kier alpha value is -1.87. The summed E-state index contributed by atoms with van der Waals surface area (Å²) in [5.41, 5.74) is 5.44. The number of aromatic nitrogens is 5. The first-order chi connectivity index (χ1) is 9.04. The van der Waals surface area contributed by atoms with Gasteiger partial charge in [0, 0.05) is 17.3 Å². The third kappa shape index (κ3) is 2.10. The first-order valence-electron chi connectivity index (χ1n) is 5.37. The van der Waals surface area contributed by atoms with Crippen molar-refractivity contribution < 1.29 is 0 Å². The zero-order valence-electron chi connectivity index (χ0n) is 10.2. The molecule has 0 aliphatic heterocycles. The van der Waals surface area contributed by atoms with Crippen LogP contribution in [0.5, 0.6) is 0 Å². The summed E-state index contributed by atoms with van der Waals surface area (Å²) in [6.07, 6.45) is 0. The summed E-state index contributed by atoms with van der Waals surface area (Å²) in [6, 6.07) is 2.01. The number of nitrogen functional groups attached to an aromatic ring is 1. The van der Waals surface area contributed by atoms with Crippen LogP contribution >= 0.6 is 23.1 Å². The van der Waals surface area contributed by atoms with Crippen molar-refractivity contribution in [2.45, 2.75) is 17.1 Å². The Balaban J connectivity index is 2.14. The maximum atomic E-state index is 11.3. The van der Waals surface area contributed by atoms with Gasteiger partial charge in [0.25, 0.3) is 0 Å². The van der Waals surface area contributed by atoms with Crippen molar-refractivity contribution in [3.05, 3.63) is 21.4 Å². The Morgan fingerprint density at radius 3 is 2.95 bits per heavy atom. The van der Waals surface area contributed by atoms with E-state index in [1.165, 1.54) is 16.3 Å². The third-order valence-corrected chi connectivity index (χ3v) is 4.52. The lowest BCUT2D eigenvalue weighted by atomic mass is 10.4. The third-order valence-electron chi connectivity index (χ3n) is 2.52. The lowest BCUT2D eigenvalue weighted by molar-refractivity contribution is 0.765. The van der Waals surface area contributed by atoms with Crippen molar-refractivity contribution in [1.82, 2.24) is 24.7 Å². The summed E-state index contributed by atoms with van der Waals surface area (Å²) in [6.45, 7) is 2.00. The van der Waals surface area contributed by atoms with Gasteiger partial charge in [-0.2, -0.15) is 0 Å². The molecular formula is C10H10N6OS2. The van der Waals surface area contributed by atoms with Gasteiger partial charge in [-0.1, -0.05) is 0 Å². The normalized spacial score (nSPS) is 11.3. The second-order valence-corrected chi connectivity index (χ2v) is 6.13. The largest absolute Gasteiger partial charge is 0.368 e. The molecule has 0 bridgehead atoms. The minimum Gasteiger partial charge on any atom is -0.368 e. The molecule has 98 valence electrons.